The predicted molar refractivity (Wildman–Crippen MR) is 63.7 cm³/mol. The normalized spacial score (nSPS) is 17.9. The molecule has 1 aromatic carbocycles. The van der Waals surface area contributed by atoms with Gasteiger partial charge in [-0.25, -0.2) is 4.39 Å². The van der Waals surface area contributed by atoms with Gasteiger partial charge in [0.15, 0.2) is 0 Å². The summed E-state index contributed by atoms with van der Waals surface area (Å²) in [5, 5.41) is 8.60. The molecule has 4 heteroatoms. The maximum Gasteiger partial charge on any atom is 0.123 e. The lowest BCUT2D eigenvalue weighted by molar-refractivity contribution is 0.138. The van der Waals surface area contributed by atoms with Crippen LogP contribution in [0.15, 0.2) is 24.3 Å². The smallest absolute Gasteiger partial charge is 0.123 e. The van der Waals surface area contributed by atoms with E-state index < -0.39 is 0 Å². The number of rotatable bonds is 3. The van der Waals surface area contributed by atoms with Crippen molar-refractivity contribution in [2.75, 3.05) is 32.7 Å². The molecule has 1 fully saturated rings. The van der Waals surface area contributed by atoms with Crippen molar-refractivity contribution >= 4 is 0 Å². The summed E-state index contributed by atoms with van der Waals surface area (Å²) in [5.41, 5.74) is 1.01. The quantitative estimate of drug-likeness (QED) is 0.741. The number of nitriles is 1. The number of piperazine rings is 1. The Bertz CT molecular complexity index is 405. The molecule has 17 heavy (non-hydrogen) atoms. The van der Waals surface area contributed by atoms with Crippen LogP contribution >= 0.6 is 0 Å². The summed E-state index contributed by atoms with van der Waals surface area (Å²) in [6.45, 7) is 5.02. The Hall–Kier alpha value is -1.44. The summed E-state index contributed by atoms with van der Waals surface area (Å²) in [4.78, 5) is 4.44. The van der Waals surface area contributed by atoms with E-state index in [9.17, 15) is 4.39 Å². The van der Waals surface area contributed by atoms with E-state index in [-0.39, 0.29) is 5.82 Å². The van der Waals surface area contributed by atoms with Crippen molar-refractivity contribution in [2.45, 2.75) is 6.54 Å². The van der Waals surface area contributed by atoms with Crippen LogP contribution in [0.5, 0.6) is 0 Å². The number of hydrogen-bond donors (Lipinski definition) is 0. The van der Waals surface area contributed by atoms with Crippen LogP contribution in [0, 0.1) is 17.1 Å². The molecular weight excluding hydrogens is 217 g/mol. The Labute approximate surface area is 101 Å². The molecule has 0 spiro atoms. The van der Waals surface area contributed by atoms with E-state index in [1.54, 1.807) is 12.1 Å². The van der Waals surface area contributed by atoms with Crippen molar-refractivity contribution in [1.82, 2.24) is 9.80 Å². The molecule has 0 aromatic heterocycles. The van der Waals surface area contributed by atoms with Gasteiger partial charge in [-0.1, -0.05) is 12.1 Å². The summed E-state index contributed by atoms with van der Waals surface area (Å²) >= 11 is 0. The van der Waals surface area contributed by atoms with Gasteiger partial charge < -0.3 is 0 Å². The highest BCUT2D eigenvalue weighted by molar-refractivity contribution is 5.16. The monoisotopic (exact) mass is 233 g/mol. The van der Waals surface area contributed by atoms with E-state index in [1.807, 2.05) is 6.07 Å². The molecule has 0 unspecified atom stereocenters. The van der Waals surface area contributed by atoms with Crippen LogP contribution < -0.4 is 0 Å². The first-order chi connectivity index (χ1) is 8.28. The molecule has 0 amide bonds. The highest BCUT2D eigenvalue weighted by atomic mass is 19.1. The summed E-state index contributed by atoms with van der Waals surface area (Å²) in [6.07, 6.45) is 0. The van der Waals surface area contributed by atoms with E-state index in [0.717, 1.165) is 38.3 Å². The van der Waals surface area contributed by atoms with Gasteiger partial charge in [0.05, 0.1) is 12.6 Å². The SMILES string of the molecule is N#CCN1CCN(Cc2cccc(F)c2)CC1. The molecule has 2 rings (SSSR count). The van der Waals surface area contributed by atoms with E-state index in [1.165, 1.54) is 6.07 Å². The standard InChI is InChI=1S/C13H16FN3/c14-13-3-1-2-12(10-13)11-17-8-6-16(5-4-15)7-9-17/h1-3,10H,5-9,11H2. The number of halogens is 1. The predicted octanol–water partition coefficient (Wildman–Crippen LogP) is 1.47. The molecule has 0 aliphatic carbocycles. The van der Waals surface area contributed by atoms with Gasteiger partial charge in [-0.15, -0.1) is 0 Å². The lowest BCUT2D eigenvalue weighted by Crippen LogP contribution is -2.45. The van der Waals surface area contributed by atoms with Crippen molar-refractivity contribution in [1.29, 1.82) is 5.26 Å². The van der Waals surface area contributed by atoms with Crippen molar-refractivity contribution < 1.29 is 4.39 Å². The fourth-order valence-corrected chi connectivity index (χ4v) is 2.10. The number of benzene rings is 1. The van der Waals surface area contributed by atoms with Gasteiger partial charge >= 0.3 is 0 Å². The lowest BCUT2D eigenvalue weighted by atomic mass is 10.2. The molecule has 0 bridgehead atoms. The van der Waals surface area contributed by atoms with Gasteiger partial charge in [0, 0.05) is 32.7 Å². The van der Waals surface area contributed by atoms with E-state index >= 15 is 0 Å². The van der Waals surface area contributed by atoms with Crippen molar-refractivity contribution in [2.24, 2.45) is 0 Å². The third-order valence-corrected chi connectivity index (χ3v) is 3.05. The van der Waals surface area contributed by atoms with Gasteiger partial charge in [0.1, 0.15) is 5.82 Å². The van der Waals surface area contributed by atoms with Gasteiger partial charge in [-0.2, -0.15) is 5.26 Å². The minimum atomic E-state index is -0.175. The molecule has 0 atom stereocenters. The molecule has 1 saturated heterocycles. The first kappa shape index (κ1) is 12.0. The maximum absolute atomic E-state index is 13.0. The fourth-order valence-electron chi connectivity index (χ4n) is 2.10. The summed E-state index contributed by atoms with van der Waals surface area (Å²) in [7, 11) is 0. The number of nitrogens with zero attached hydrogens (tertiary/aromatic N) is 3. The van der Waals surface area contributed by atoms with Crippen LogP contribution in [-0.2, 0) is 6.54 Å². The minimum absolute atomic E-state index is 0.175. The highest BCUT2D eigenvalue weighted by Gasteiger charge is 2.16. The second-order valence-electron chi connectivity index (χ2n) is 4.34. The summed E-state index contributed by atoms with van der Waals surface area (Å²) in [6, 6.07) is 8.91. The Balaban J connectivity index is 1.84. The zero-order chi connectivity index (χ0) is 12.1. The first-order valence-electron chi connectivity index (χ1n) is 5.84. The average molecular weight is 233 g/mol. The van der Waals surface area contributed by atoms with Crippen LogP contribution in [0.3, 0.4) is 0 Å². The number of hydrogen-bond acceptors (Lipinski definition) is 3. The highest BCUT2D eigenvalue weighted by Crippen LogP contribution is 2.09. The molecule has 90 valence electrons. The van der Waals surface area contributed by atoms with Crippen LogP contribution in [0.1, 0.15) is 5.56 Å². The molecule has 1 heterocycles. The van der Waals surface area contributed by atoms with Gasteiger partial charge in [-0.05, 0) is 17.7 Å². The minimum Gasteiger partial charge on any atom is -0.297 e. The summed E-state index contributed by atoms with van der Waals surface area (Å²) in [5.74, 6) is -0.175. The van der Waals surface area contributed by atoms with Crippen molar-refractivity contribution in [3.63, 3.8) is 0 Å². The molecule has 0 radical (unpaired) electrons. The second kappa shape index (κ2) is 5.76. The van der Waals surface area contributed by atoms with E-state index in [2.05, 4.69) is 15.9 Å². The zero-order valence-corrected chi connectivity index (χ0v) is 9.77. The zero-order valence-electron chi connectivity index (χ0n) is 9.77. The van der Waals surface area contributed by atoms with Crippen LogP contribution in [0.4, 0.5) is 4.39 Å². The van der Waals surface area contributed by atoms with Crippen LogP contribution in [0.25, 0.3) is 0 Å². The van der Waals surface area contributed by atoms with Crippen molar-refractivity contribution in [3.8, 4) is 6.07 Å². The topological polar surface area (TPSA) is 30.3 Å². The third kappa shape index (κ3) is 3.52. The van der Waals surface area contributed by atoms with E-state index in [4.69, 9.17) is 5.26 Å². The molecule has 1 aliphatic rings. The average Bonchev–Trinajstić information content (AvgIpc) is 2.32. The van der Waals surface area contributed by atoms with Crippen LogP contribution in [0.2, 0.25) is 0 Å². The van der Waals surface area contributed by atoms with Gasteiger partial charge in [-0.3, -0.25) is 9.80 Å². The molecule has 1 aliphatic heterocycles. The summed E-state index contributed by atoms with van der Waals surface area (Å²) < 4.78 is 13.0. The second-order valence-corrected chi connectivity index (χ2v) is 4.34. The van der Waals surface area contributed by atoms with Crippen LogP contribution in [-0.4, -0.2) is 42.5 Å². The largest absolute Gasteiger partial charge is 0.297 e. The molecule has 0 saturated carbocycles. The Morgan fingerprint density at radius 3 is 2.53 bits per heavy atom. The van der Waals surface area contributed by atoms with Gasteiger partial charge in [0.25, 0.3) is 0 Å². The first-order valence-corrected chi connectivity index (χ1v) is 5.84. The maximum atomic E-state index is 13.0. The Kier molecular flexibility index (Phi) is 4.08. The Morgan fingerprint density at radius 1 is 1.18 bits per heavy atom. The molecule has 0 N–H and O–H groups in total. The fraction of sp³-hybridized carbons (Fsp3) is 0.462. The molecule has 3 nitrogen and oxygen atoms in total. The molecule has 1 aromatic rings. The van der Waals surface area contributed by atoms with Gasteiger partial charge in [0.2, 0.25) is 0 Å². The molecular formula is C13H16FN3. The van der Waals surface area contributed by atoms with Crippen molar-refractivity contribution in [3.05, 3.63) is 35.6 Å². The van der Waals surface area contributed by atoms with E-state index in [0.29, 0.717) is 6.54 Å². The Morgan fingerprint density at radius 2 is 1.88 bits per heavy atom. The third-order valence-electron chi connectivity index (χ3n) is 3.05. The lowest BCUT2D eigenvalue weighted by Gasteiger charge is -2.33.